The number of nitrogens with zero attached hydrogens (tertiary/aromatic N) is 2. The molecule has 3 rings (SSSR count). The summed E-state index contributed by atoms with van der Waals surface area (Å²) in [7, 11) is 0. The highest BCUT2D eigenvalue weighted by atomic mass is 35.5. The molecule has 28 heavy (non-hydrogen) atoms. The van der Waals surface area contributed by atoms with Gasteiger partial charge in [0.2, 0.25) is 0 Å². The molecule has 3 aromatic carbocycles. The Hall–Kier alpha value is -2.90. The average Bonchev–Trinajstić information content (AvgIpc) is 2.70. The van der Waals surface area contributed by atoms with Gasteiger partial charge in [0.1, 0.15) is 0 Å². The summed E-state index contributed by atoms with van der Waals surface area (Å²) in [5, 5.41) is 24.8. The van der Waals surface area contributed by atoms with Crippen LogP contribution < -0.4 is 10.7 Å². The molecule has 0 spiro atoms. The van der Waals surface area contributed by atoms with Gasteiger partial charge in [-0.3, -0.25) is 10.0 Å². The van der Waals surface area contributed by atoms with Crippen molar-refractivity contribution in [3.05, 3.63) is 105 Å². The lowest BCUT2D eigenvalue weighted by Crippen LogP contribution is -2.20. The minimum atomic E-state index is -0.470. The molecule has 0 heterocycles. The van der Waals surface area contributed by atoms with E-state index in [2.05, 4.69) is 10.5 Å². The van der Waals surface area contributed by atoms with E-state index in [1.807, 2.05) is 0 Å². The number of rotatable bonds is 5. The Morgan fingerprint density at radius 3 is 1.68 bits per heavy atom. The molecule has 0 aliphatic rings. The first-order valence-corrected chi connectivity index (χ1v) is 8.86. The quantitative estimate of drug-likeness (QED) is 0.460. The molecule has 0 aromatic heterocycles. The molecule has 0 saturated heterocycles. The van der Waals surface area contributed by atoms with E-state index in [1.54, 1.807) is 48.5 Å². The molecule has 0 atom stereocenters. The molecule has 1 amide bonds. The number of hydrazone groups is 1. The number of anilines is 1. The Balaban J connectivity index is 1.89. The van der Waals surface area contributed by atoms with Crippen molar-refractivity contribution in [1.29, 1.82) is 0 Å². The lowest BCUT2D eigenvalue weighted by atomic mass is 10.0. The fourth-order valence-corrected chi connectivity index (χ4v) is 2.67. The first kappa shape index (κ1) is 19.9. The van der Waals surface area contributed by atoms with Crippen LogP contribution in [0.1, 0.15) is 21.5 Å². The third-order valence-corrected chi connectivity index (χ3v) is 4.36. The van der Waals surface area contributed by atoms with Crippen LogP contribution in [-0.2, 0) is 0 Å². The van der Waals surface area contributed by atoms with Crippen LogP contribution in [0.5, 0.6) is 0 Å². The zero-order chi connectivity index (χ0) is 20.1. The molecule has 0 unspecified atom stereocenters. The second-order valence-corrected chi connectivity index (χ2v) is 6.61. The van der Waals surface area contributed by atoms with Gasteiger partial charge in [-0.1, -0.05) is 47.5 Å². The maximum absolute atomic E-state index is 12.4. The average molecular weight is 415 g/mol. The highest BCUT2D eigenvalue weighted by Gasteiger charge is 2.10. The van der Waals surface area contributed by atoms with E-state index in [4.69, 9.17) is 28.4 Å². The summed E-state index contributed by atoms with van der Waals surface area (Å²) in [5.74, 6) is -0.470. The molecule has 6 nitrogen and oxygen atoms in total. The largest absolute Gasteiger partial charge is 0.733 e. The third-order valence-electron chi connectivity index (χ3n) is 3.85. The second kappa shape index (κ2) is 8.86. The van der Waals surface area contributed by atoms with Gasteiger partial charge in [0.15, 0.2) is 0 Å². The maximum atomic E-state index is 12.4. The lowest BCUT2D eigenvalue weighted by molar-refractivity contribution is 0.0955. The molecule has 0 aliphatic carbocycles. The van der Waals surface area contributed by atoms with Crippen LogP contribution in [-0.4, -0.2) is 16.8 Å². The molecular weight excluding hydrogens is 401 g/mol. The minimum absolute atomic E-state index is 0.0167. The third kappa shape index (κ3) is 4.88. The second-order valence-electron chi connectivity index (χ2n) is 5.73. The van der Waals surface area contributed by atoms with Crippen molar-refractivity contribution >= 4 is 40.5 Å². The van der Waals surface area contributed by atoms with Gasteiger partial charge in [-0.2, -0.15) is 5.10 Å². The van der Waals surface area contributed by atoms with E-state index in [0.717, 1.165) is 11.1 Å². The van der Waals surface area contributed by atoms with E-state index < -0.39 is 5.91 Å². The standard InChI is InChI=1S/C20H14Cl2N3O3/c21-16-7-1-13(2-8-16)19(14-3-9-17(22)10-4-14)23-24-20(26)15-5-11-18(12-6-15)25(27)28/h1-12,27H,(H,24,26)/q-1. The zero-order valence-electron chi connectivity index (χ0n) is 14.3. The van der Waals surface area contributed by atoms with E-state index >= 15 is 0 Å². The minimum Gasteiger partial charge on any atom is -0.733 e. The van der Waals surface area contributed by atoms with Crippen molar-refractivity contribution in [1.82, 2.24) is 5.43 Å². The Morgan fingerprint density at radius 1 is 0.821 bits per heavy atom. The number of benzene rings is 3. The normalized spacial score (nSPS) is 10.3. The Morgan fingerprint density at radius 2 is 1.25 bits per heavy atom. The van der Waals surface area contributed by atoms with E-state index in [-0.39, 0.29) is 16.5 Å². The van der Waals surface area contributed by atoms with E-state index in [1.165, 1.54) is 24.3 Å². The lowest BCUT2D eigenvalue weighted by Gasteiger charge is -2.21. The monoisotopic (exact) mass is 414 g/mol. The van der Waals surface area contributed by atoms with Gasteiger partial charge in [-0.15, -0.1) is 0 Å². The fourth-order valence-electron chi connectivity index (χ4n) is 2.42. The van der Waals surface area contributed by atoms with Crippen molar-refractivity contribution in [2.45, 2.75) is 0 Å². The van der Waals surface area contributed by atoms with Crippen LogP contribution in [0.15, 0.2) is 77.9 Å². The predicted molar refractivity (Wildman–Crippen MR) is 110 cm³/mol. The molecule has 2 N–H and O–H groups in total. The van der Waals surface area contributed by atoms with Gasteiger partial charge >= 0.3 is 0 Å². The topological polar surface area (TPSA) is 88.0 Å². The van der Waals surface area contributed by atoms with Crippen molar-refractivity contribution in [2.24, 2.45) is 5.10 Å². The molecular formula is C20H14Cl2N3O3-. The number of amides is 1. The highest BCUT2D eigenvalue weighted by Crippen LogP contribution is 2.17. The highest BCUT2D eigenvalue weighted by molar-refractivity contribution is 6.31. The van der Waals surface area contributed by atoms with Crippen LogP contribution in [0.25, 0.3) is 0 Å². The molecule has 142 valence electrons. The van der Waals surface area contributed by atoms with E-state index in [0.29, 0.717) is 15.8 Å². The van der Waals surface area contributed by atoms with Crippen molar-refractivity contribution in [2.75, 3.05) is 5.23 Å². The Bertz CT molecular complexity index is 939. The van der Waals surface area contributed by atoms with Crippen LogP contribution >= 0.6 is 23.2 Å². The van der Waals surface area contributed by atoms with Gasteiger partial charge in [0, 0.05) is 26.7 Å². The Labute approximate surface area is 171 Å². The van der Waals surface area contributed by atoms with Gasteiger partial charge in [-0.05, 0) is 48.5 Å². The number of nitrogens with one attached hydrogen (secondary N) is 1. The van der Waals surface area contributed by atoms with Crippen LogP contribution in [0.3, 0.4) is 0 Å². The molecule has 0 fully saturated rings. The molecule has 0 radical (unpaired) electrons. The van der Waals surface area contributed by atoms with Crippen molar-refractivity contribution < 1.29 is 10.0 Å². The smallest absolute Gasteiger partial charge is 0.271 e. The number of carbonyl (C=O) groups excluding carboxylic acids is 1. The summed E-state index contributed by atoms with van der Waals surface area (Å²) in [6.07, 6.45) is 0. The summed E-state index contributed by atoms with van der Waals surface area (Å²) in [4.78, 5) is 12.4. The SMILES string of the molecule is O=C(NN=C(c1ccc(Cl)cc1)c1ccc(Cl)cc1)c1ccc(N([O-])O)cc1. The molecule has 0 bridgehead atoms. The molecule has 0 saturated carbocycles. The summed E-state index contributed by atoms with van der Waals surface area (Å²) >= 11 is 11.9. The molecule has 3 aromatic rings. The summed E-state index contributed by atoms with van der Waals surface area (Å²) in [6.45, 7) is 0. The number of hydrogen-bond donors (Lipinski definition) is 2. The first-order chi connectivity index (χ1) is 13.4. The molecule has 8 heteroatoms. The van der Waals surface area contributed by atoms with Crippen molar-refractivity contribution in [3.63, 3.8) is 0 Å². The fraction of sp³-hybridized carbons (Fsp3) is 0. The van der Waals surface area contributed by atoms with Gasteiger partial charge in [0.25, 0.3) is 5.91 Å². The zero-order valence-corrected chi connectivity index (χ0v) is 15.9. The maximum Gasteiger partial charge on any atom is 0.271 e. The summed E-state index contributed by atoms with van der Waals surface area (Å²) < 4.78 is 0. The Kier molecular flexibility index (Phi) is 6.28. The van der Waals surface area contributed by atoms with Crippen molar-refractivity contribution in [3.8, 4) is 0 Å². The molecule has 0 aliphatic heterocycles. The number of hydrogen-bond acceptors (Lipinski definition) is 5. The van der Waals surface area contributed by atoms with Crippen LogP contribution in [0, 0.1) is 5.21 Å². The van der Waals surface area contributed by atoms with Gasteiger partial charge in [-0.25, -0.2) is 5.43 Å². The summed E-state index contributed by atoms with van der Waals surface area (Å²) in [6, 6.07) is 19.5. The summed E-state index contributed by atoms with van der Waals surface area (Å²) in [5.41, 5.74) is 4.83. The number of carbonyl (C=O) groups is 1. The van der Waals surface area contributed by atoms with Gasteiger partial charge in [0.05, 0.1) is 11.4 Å². The van der Waals surface area contributed by atoms with Crippen LogP contribution in [0.4, 0.5) is 5.69 Å². The first-order valence-electron chi connectivity index (χ1n) is 8.10. The van der Waals surface area contributed by atoms with E-state index in [9.17, 15) is 10.0 Å². The van der Waals surface area contributed by atoms with Crippen LogP contribution in [0.2, 0.25) is 10.0 Å². The number of halogens is 2. The predicted octanol–water partition coefficient (Wildman–Crippen LogP) is 4.87. The van der Waals surface area contributed by atoms with Gasteiger partial charge < -0.3 is 10.4 Å².